The molecule has 5 nitrogen and oxygen atoms in total. The number of pyridine rings is 1. The summed E-state index contributed by atoms with van der Waals surface area (Å²) in [6, 6.07) is 11.5. The van der Waals surface area contributed by atoms with Crippen molar-refractivity contribution in [2.24, 2.45) is 0 Å². The van der Waals surface area contributed by atoms with Crippen LogP contribution in [0.4, 0.5) is 19.0 Å². The number of benzene rings is 2. The Balaban J connectivity index is 2.17. The second kappa shape index (κ2) is 5.10. The minimum Gasteiger partial charge on any atom is -0.383 e. The number of nitrogens with two attached hydrogens (primary N) is 1. The van der Waals surface area contributed by atoms with Gasteiger partial charge in [-0.2, -0.15) is 18.3 Å². The van der Waals surface area contributed by atoms with Crippen molar-refractivity contribution in [3.8, 4) is 5.69 Å². The van der Waals surface area contributed by atoms with Gasteiger partial charge in [-0.25, -0.2) is 0 Å². The molecule has 0 atom stereocenters. The lowest BCUT2D eigenvalue weighted by molar-refractivity contribution is -0.137. The minimum atomic E-state index is -4.48. The van der Waals surface area contributed by atoms with Crippen LogP contribution in [0.5, 0.6) is 0 Å². The molecule has 4 aromatic rings. The van der Waals surface area contributed by atoms with Crippen LogP contribution >= 0.6 is 0 Å². The van der Waals surface area contributed by atoms with Crippen molar-refractivity contribution in [1.29, 1.82) is 0 Å². The molecule has 126 valence electrons. The number of anilines is 1. The van der Waals surface area contributed by atoms with E-state index >= 15 is 0 Å². The summed E-state index contributed by atoms with van der Waals surface area (Å²) in [4.78, 5) is 12.6. The van der Waals surface area contributed by atoms with Gasteiger partial charge < -0.3 is 5.73 Å². The third-order valence-electron chi connectivity index (χ3n) is 4.04. The van der Waals surface area contributed by atoms with Crippen LogP contribution in [0.2, 0.25) is 0 Å². The molecule has 4 rings (SSSR count). The quantitative estimate of drug-likeness (QED) is 0.555. The minimum absolute atomic E-state index is 0.0754. The van der Waals surface area contributed by atoms with Crippen molar-refractivity contribution < 1.29 is 13.2 Å². The smallest absolute Gasteiger partial charge is 0.383 e. The van der Waals surface area contributed by atoms with E-state index in [1.807, 2.05) is 0 Å². The molecule has 2 aromatic heterocycles. The molecule has 0 bridgehead atoms. The van der Waals surface area contributed by atoms with E-state index in [-0.39, 0.29) is 28.0 Å². The van der Waals surface area contributed by atoms with Crippen LogP contribution in [0.25, 0.3) is 27.6 Å². The standard InChI is InChI=1S/C17H11F3N4O/c18-17(19,20)9-4-3-5-10(8-9)24-12-7-2-1-6-11(12)14(25)13-15(21)22-23-16(13)24/h1-8H,(H3,21,22,23). The number of rotatable bonds is 1. The topological polar surface area (TPSA) is 76.7 Å². The van der Waals surface area contributed by atoms with E-state index < -0.39 is 11.7 Å². The number of aromatic nitrogens is 3. The van der Waals surface area contributed by atoms with E-state index in [1.54, 1.807) is 24.3 Å². The number of nitrogens with zero attached hydrogens (tertiary/aromatic N) is 2. The number of fused-ring (bicyclic) bond motifs is 2. The lowest BCUT2D eigenvalue weighted by Gasteiger charge is -2.14. The number of alkyl halides is 3. The number of halogens is 3. The summed E-state index contributed by atoms with van der Waals surface area (Å²) in [5.41, 5.74) is 5.57. The molecule has 0 aliphatic carbocycles. The lowest BCUT2D eigenvalue weighted by atomic mass is 10.1. The molecule has 0 aliphatic heterocycles. The highest BCUT2D eigenvalue weighted by molar-refractivity contribution is 5.98. The molecule has 25 heavy (non-hydrogen) atoms. The van der Waals surface area contributed by atoms with Crippen LogP contribution in [0.15, 0.2) is 53.3 Å². The van der Waals surface area contributed by atoms with Gasteiger partial charge in [0, 0.05) is 11.1 Å². The Morgan fingerprint density at radius 3 is 2.60 bits per heavy atom. The molecule has 0 radical (unpaired) electrons. The van der Waals surface area contributed by atoms with Crippen LogP contribution in [0.1, 0.15) is 5.56 Å². The first kappa shape index (κ1) is 15.3. The second-order valence-electron chi connectivity index (χ2n) is 5.57. The van der Waals surface area contributed by atoms with Gasteiger partial charge in [0.1, 0.15) is 11.2 Å². The first-order chi connectivity index (χ1) is 11.9. The first-order valence-electron chi connectivity index (χ1n) is 7.33. The number of aromatic amines is 1. The molecular weight excluding hydrogens is 333 g/mol. The van der Waals surface area contributed by atoms with Gasteiger partial charge in [-0.15, -0.1) is 0 Å². The molecule has 0 saturated carbocycles. The number of hydrogen-bond donors (Lipinski definition) is 2. The van der Waals surface area contributed by atoms with E-state index in [1.165, 1.54) is 16.7 Å². The Labute approximate surface area is 138 Å². The predicted octanol–water partition coefficient (Wildman–Crippen LogP) is 3.47. The second-order valence-corrected chi connectivity index (χ2v) is 5.57. The third-order valence-corrected chi connectivity index (χ3v) is 4.04. The van der Waals surface area contributed by atoms with Crippen molar-refractivity contribution in [3.05, 3.63) is 64.3 Å². The van der Waals surface area contributed by atoms with Crippen molar-refractivity contribution in [2.45, 2.75) is 6.18 Å². The monoisotopic (exact) mass is 344 g/mol. The molecule has 0 saturated heterocycles. The van der Waals surface area contributed by atoms with Gasteiger partial charge in [0.2, 0.25) is 5.43 Å². The number of nitrogen functional groups attached to an aromatic ring is 1. The molecule has 2 aromatic carbocycles. The van der Waals surface area contributed by atoms with Crippen molar-refractivity contribution >= 4 is 27.8 Å². The van der Waals surface area contributed by atoms with E-state index in [0.29, 0.717) is 10.9 Å². The highest BCUT2D eigenvalue weighted by Gasteiger charge is 2.30. The summed E-state index contributed by atoms with van der Waals surface area (Å²) >= 11 is 0. The van der Waals surface area contributed by atoms with Gasteiger partial charge >= 0.3 is 6.18 Å². The zero-order valence-electron chi connectivity index (χ0n) is 12.6. The highest BCUT2D eigenvalue weighted by atomic mass is 19.4. The normalized spacial score (nSPS) is 12.1. The Morgan fingerprint density at radius 1 is 1.08 bits per heavy atom. The summed E-state index contributed by atoms with van der Waals surface area (Å²) in [5, 5.41) is 7.06. The van der Waals surface area contributed by atoms with Gasteiger partial charge in [-0.1, -0.05) is 18.2 Å². The average Bonchev–Trinajstić information content (AvgIpc) is 2.97. The fourth-order valence-corrected chi connectivity index (χ4v) is 2.92. The summed E-state index contributed by atoms with van der Waals surface area (Å²) in [7, 11) is 0. The van der Waals surface area contributed by atoms with Crippen LogP contribution in [-0.2, 0) is 6.18 Å². The van der Waals surface area contributed by atoms with Gasteiger partial charge in [0.25, 0.3) is 0 Å². The Bertz CT molecular complexity index is 1170. The van der Waals surface area contributed by atoms with Crippen LogP contribution < -0.4 is 11.2 Å². The Morgan fingerprint density at radius 2 is 1.84 bits per heavy atom. The maximum absolute atomic E-state index is 13.1. The van der Waals surface area contributed by atoms with Crippen molar-refractivity contribution in [2.75, 3.05) is 5.73 Å². The number of H-pyrrole nitrogens is 1. The molecular formula is C17H11F3N4O. The van der Waals surface area contributed by atoms with E-state index in [0.717, 1.165) is 12.1 Å². The van der Waals surface area contributed by atoms with E-state index in [4.69, 9.17) is 5.73 Å². The maximum Gasteiger partial charge on any atom is 0.416 e. The maximum atomic E-state index is 13.1. The molecule has 0 aliphatic rings. The Hall–Kier alpha value is -3.29. The lowest BCUT2D eigenvalue weighted by Crippen LogP contribution is -2.11. The number of nitrogens with one attached hydrogen (secondary N) is 1. The van der Waals surface area contributed by atoms with Gasteiger partial charge in [-0.05, 0) is 30.3 Å². The zero-order valence-corrected chi connectivity index (χ0v) is 12.6. The average molecular weight is 344 g/mol. The van der Waals surface area contributed by atoms with Crippen molar-refractivity contribution in [1.82, 2.24) is 14.8 Å². The largest absolute Gasteiger partial charge is 0.416 e. The summed E-state index contributed by atoms with van der Waals surface area (Å²) in [5.74, 6) is 0.0754. The number of hydrogen-bond acceptors (Lipinski definition) is 3. The summed E-state index contributed by atoms with van der Waals surface area (Å²) in [6.45, 7) is 0. The zero-order chi connectivity index (χ0) is 17.8. The Kier molecular flexibility index (Phi) is 3.11. The summed E-state index contributed by atoms with van der Waals surface area (Å²) < 4.78 is 40.7. The predicted molar refractivity (Wildman–Crippen MR) is 88.6 cm³/mol. The third kappa shape index (κ3) is 2.25. The SMILES string of the molecule is Nc1[nH]nc2c1c(=O)c1ccccc1n2-c1cccc(C(F)(F)F)c1. The molecule has 2 heterocycles. The van der Waals surface area contributed by atoms with Crippen LogP contribution in [0, 0.1) is 0 Å². The van der Waals surface area contributed by atoms with Gasteiger partial charge in [0.05, 0.1) is 11.1 Å². The molecule has 0 spiro atoms. The molecule has 0 fully saturated rings. The van der Waals surface area contributed by atoms with Gasteiger partial charge in [0.15, 0.2) is 5.65 Å². The highest BCUT2D eigenvalue weighted by Crippen LogP contribution is 2.32. The fraction of sp³-hybridized carbons (Fsp3) is 0.0588. The first-order valence-corrected chi connectivity index (χ1v) is 7.33. The van der Waals surface area contributed by atoms with Gasteiger partial charge in [-0.3, -0.25) is 14.5 Å². The van der Waals surface area contributed by atoms with Crippen LogP contribution in [0.3, 0.4) is 0 Å². The molecule has 0 amide bonds. The number of para-hydroxylation sites is 1. The van der Waals surface area contributed by atoms with Crippen LogP contribution in [-0.4, -0.2) is 14.8 Å². The molecule has 8 heteroatoms. The molecule has 0 unspecified atom stereocenters. The summed E-state index contributed by atoms with van der Waals surface area (Å²) in [6.07, 6.45) is -4.48. The fourth-order valence-electron chi connectivity index (χ4n) is 2.92. The van der Waals surface area contributed by atoms with E-state index in [9.17, 15) is 18.0 Å². The molecule has 3 N–H and O–H groups in total. The van der Waals surface area contributed by atoms with Crippen molar-refractivity contribution in [3.63, 3.8) is 0 Å². The van der Waals surface area contributed by atoms with E-state index in [2.05, 4.69) is 10.2 Å².